The number of anilines is 2. The molecule has 0 unspecified atom stereocenters. The minimum Gasteiger partial charge on any atom is -0.353 e. The Labute approximate surface area is 163 Å². The zero-order valence-electron chi connectivity index (χ0n) is 16.0. The van der Waals surface area contributed by atoms with E-state index in [1.54, 1.807) is 17.2 Å². The molecule has 28 heavy (non-hydrogen) atoms. The van der Waals surface area contributed by atoms with Crippen molar-refractivity contribution < 1.29 is 4.79 Å². The van der Waals surface area contributed by atoms with Crippen LogP contribution < -0.4 is 10.2 Å². The third kappa shape index (κ3) is 3.80. The molecule has 1 aliphatic heterocycles. The van der Waals surface area contributed by atoms with Crippen LogP contribution in [0.4, 0.5) is 16.3 Å². The van der Waals surface area contributed by atoms with E-state index in [1.807, 2.05) is 49.2 Å². The smallest absolute Gasteiger partial charge is 0.321 e. The highest BCUT2D eigenvalue weighted by Gasteiger charge is 2.22. The molecule has 1 saturated heterocycles. The SMILES string of the molecule is Cc1ccc(NC(=O)N2CCN(c3cc(-n4cccn4)ncn3)CC2)c(C)c1. The zero-order chi connectivity index (χ0) is 19.5. The summed E-state index contributed by atoms with van der Waals surface area (Å²) in [5.41, 5.74) is 3.11. The fraction of sp³-hybridized carbons (Fsp3) is 0.300. The van der Waals surface area contributed by atoms with Crippen LogP contribution in [0.25, 0.3) is 5.82 Å². The van der Waals surface area contributed by atoms with Gasteiger partial charge in [-0.05, 0) is 31.5 Å². The Balaban J connectivity index is 1.38. The molecule has 4 rings (SSSR count). The first-order valence-corrected chi connectivity index (χ1v) is 9.30. The van der Waals surface area contributed by atoms with Crippen molar-refractivity contribution in [3.05, 3.63) is 60.2 Å². The summed E-state index contributed by atoms with van der Waals surface area (Å²) >= 11 is 0. The van der Waals surface area contributed by atoms with Gasteiger partial charge in [0.1, 0.15) is 12.1 Å². The van der Waals surface area contributed by atoms with Gasteiger partial charge in [-0.2, -0.15) is 5.10 Å². The number of benzene rings is 1. The van der Waals surface area contributed by atoms with E-state index in [9.17, 15) is 4.79 Å². The summed E-state index contributed by atoms with van der Waals surface area (Å²) in [5, 5.41) is 7.23. The monoisotopic (exact) mass is 377 g/mol. The van der Waals surface area contributed by atoms with Crippen LogP contribution in [0.15, 0.2) is 49.1 Å². The predicted molar refractivity (Wildman–Crippen MR) is 108 cm³/mol. The maximum Gasteiger partial charge on any atom is 0.321 e. The first-order chi connectivity index (χ1) is 13.6. The van der Waals surface area contributed by atoms with Crippen molar-refractivity contribution in [2.45, 2.75) is 13.8 Å². The zero-order valence-corrected chi connectivity index (χ0v) is 16.0. The largest absolute Gasteiger partial charge is 0.353 e. The average molecular weight is 377 g/mol. The van der Waals surface area contributed by atoms with E-state index in [4.69, 9.17) is 0 Å². The molecule has 0 radical (unpaired) electrons. The second-order valence-corrected chi connectivity index (χ2v) is 6.91. The number of hydrogen-bond acceptors (Lipinski definition) is 5. The van der Waals surface area contributed by atoms with Gasteiger partial charge in [0.05, 0.1) is 0 Å². The molecule has 8 nitrogen and oxygen atoms in total. The summed E-state index contributed by atoms with van der Waals surface area (Å²) in [7, 11) is 0. The van der Waals surface area contributed by atoms with E-state index in [0.717, 1.165) is 36.0 Å². The normalized spacial score (nSPS) is 14.2. The number of carbonyl (C=O) groups excluding carboxylic acids is 1. The number of nitrogens with one attached hydrogen (secondary N) is 1. The molecule has 1 fully saturated rings. The molecule has 144 valence electrons. The van der Waals surface area contributed by atoms with E-state index >= 15 is 0 Å². The highest BCUT2D eigenvalue weighted by molar-refractivity contribution is 5.90. The van der Waals surface area contributed by atoms with E-state index in [2.05, 4.69) is 31.3 Å². The van der Waals surface area contributed by atoms with Gasteiger partial charge in [0.2, 0.25) is 0 Å². The first-order valence-electron chi connectivity index (χ1n) is 9.30. The fourth-order valence-corrected chi connectivity index (χ4v) is 3.33. The lowest BCUT2D eigenvalue weighted by atomic mass is 10.1. The number of nitrogens with zero attached hydrogens (tertiary/aromatic N) is 6. The summed E-state index contributed by atoms with van der Waals surface area (Å²) in [6.07, 6.45) is 5.11. The number of aromatic nitrogens is 4. The standard InChI is InChI=1S/C20H23N7O/c1-15-4-5-17(16(2)12-15)24-20(28)26-10-8-25(9-11-26)18-13-19(22-14-21-18)27-7-3-6-23-27/h3-7,12-14H,8-11H2,1-2H3,(H,24,28). The first kappa shape index (κ1) is 18.0. The average Bonchev–Trinajstić information content (AvgIpc) is 3.25. The maximum absolute atomic E-state index is 12.6. The number of rotatable bonds is 3. The molecule has 3 heterocycles. The van der Waals surface area contributed by atoms with E-state index in [1.165, 1.54) is 5.56 Å². The molecular weight excluding hydrogens is 354 g/mol. The summed E-state index contributed by atoms with van der Waals surface area (Å²) in [6.45, 7) is 6.76. The summed E-state index contributed by atoms with van der Waals surface area (Å²) in [4.78, 5) is 25.3. The van der Waals surface area contributed by atoms with Gasteiger partial charge in [-0.25, -0.2) is 19.4 Å². The molecule has 0 saturated carbocycles. The number of amides is 2. The van der Waals surface area contributed by atoms with Gasteiger partial charge >= 0.3 is 6.03 Å². The van der Waals surface area contributed by atoms with Crippen LogP contribution in [0.1, 0.15) is 11.1 Å². The van der Waals surface area contributed by atoms with Crippen LogP contribution in [-0.4, -0.2) is 56.9 Å². The molecule has 3 aromatic rings. The molecule has 1 aliphatic rings. The Hall–Kier alpha value is -3.42. The second kappa shape index (κ2) is 7.67. The van der Waals surface area contributed by atoms with Crippen LogP contribution in [0.3, 0.4) is 0 Å². The number of carbonyl (C=O) groups is 1. The molecule has 0 bridgehead atoms. The van der Waals surface area contributed by atoms with Crippen LogP contribution in [0, 0.1) is 13.8 Å². The Bertz CT molecular complexity index is 962. The fourth-order valence-electron chi connectivity index (χ4n) is 3.33. The molecular formula is C20H23N7O. The Morgan fingerprint density at radius 2 is 1.82 bits per heavy atom. The second-order valence-electron chi connectivity index (χ2n) is 6.91. The van der Waals surface area contributed by atoms with E-state index in [0.29, 0.717) is 13.1 Å². The maximum atomic E-state index is 12.6. The highest BCUT2D eigenvalue weighted by Crippen LogP contribution is 2.19. The summed E-state index contributed by atoms with van der Waals surface area (Å²) < 4.78 is 1.71. The highest BCUT2D eigenvalue weighted by atomic mass is 16.2. The van der Waals surface area contributed by atoms with Crippen molar-refractivity contribution >= 4 is 17.5 Å². The third-order valence-electron chi connectivity index (χ3n) is 4.89. The lowest BCUT2D eigenvalue weighted by Gasteiger charge is -2.35. The lowest BCUT2D eigenvalue weighted by molar-refractivity contribution is 0.208. The van der Waals surface area contributed by atoms with E-state index < -0.39 is 0 Å². The minimum absolute atomic E-state index is 0.0634. The van der Waals surface area contributed by atoms with Crippen molar-refractivity contribution in [3.8, 4) is 5.82 Å². The van der Waals surface area contributed by atoms with Gasteiger partial charge in [0.25, 0.3) is 0 Å². The number of urea groups is 1. The predicted octanol–water partition coefficient (Wildman–Crippen LogP) is 2.63. The molecule has 1 N–H and O–H groups in total. The topological polar surface area (TPSA) is 79.2 Å². The lowest BCUT2D eigenvalue weighted by Crippen LogP contribution is -2.50. The quantitative estimate of drug-likeness (QED) is 0.759. The van der Waals surface area contributed by atoms with Gasteiger partial charge in [0, 0.05) is 50.3 Å². The minimum atomic E-state index is -0.0634. The molecule has 0 atom stereocenters. The van der Waals surface area contributed by atoms with Gasteiger partial charge in [-0.15, -0.1) is 0 Å². The van der Waals surface area contributed by atoms with Crippen molar-refractivity contribution in [2.24, 2.45) is 0 Å². The van der Waals surface area contributed by atoms with Gasteiger partial charge < -0.3 is 15.1 Å². The van der Waals surface area contributed by atoms with Gasteiger partial charge in [0.15, 0.2) is 5.82 Å². The molecule has 2 aromatic heterocycles. The number of piperazine rings is 1. The number of hydrogen-bond donors (Lipinski definition) is 1. The Kier molecular flexibility index (Phi) is 4.92. The van der Waals surface area contributed by atoms with Crippen LogP contribution in [-0.2, 0) is 0 Å². The molecule has 8 heteroatoms. The van der Waals surface area contributed by atoms with Crippen molar-refractivity contribution in [2.75, 3.05) is 36.4 Å². The summed E-state index contributed by atoms with van der Waals surface area (Å²) in [5.74, 6) is 1.57. The van der Waals surface area contributed by atoms with Gasteiger partial charge in [-0.3, -0.25) is 0 Å². The van der Waals surface area contributed by atoms with Crippen molar-refractivity contribution in [3.63, 3.8) is 0 Å². The van der Waals surface area contributed by atoms with Crippen LogP contribution in [0.2, 0.25) is 0 Å². The molecule has 0 aliphatic carbocycles. The van der Waals surface area contributed by atoms with Gasteiger partial charge in [-0.1, -0.05) is 17.7 Å². The van der Waals surface area contributed by atoms with Crippen molar-refractivity contribution in [1.82, 2.24) is 24.6 Å². The van der Waals surface area contributed by atoms with E-state index in [-0.39, 0.29) is 6.03 Å². The van der Waals surface area contributed by atoms with Crippen LogP contribution in [0.5, 0.6) is 0 Å². The molecule has 1 aromatic carbocycles. The Morgan fingerprint density at radius 1 is 1.04 bits per heavy atom. The summed E-state index contributed by atoms with van der Waals surface area (Å²) in [6, 6.07) is 9.74. The molecule has 2 amide bonds. The Morgan fingerprint density at radius 3 is 2.54 bits per heavy atom. The van der Waals surface area contributed by atoms with Crippen LogP contribution >= 0.6 is 0 Å². The third-order valence-corrected chi connectivity index (χ3v) is 4.89. The molecule has 0 spiro atoms. The number of aryl methyl sites for hydroxylation is 2. The van der Waals surface area contributed by atoms with Crippen molar-refractivity contribution in [1.29, 1.82) is 0 Å².